The zero-order chi connectivity index (χ0) is 35.3. The van der Waals surface area contributed by atoms with E-state index >= 15 is 0 Å². The molecule has 5 aromatic rings. The molecule has 0 saturated heterocycles. The van der Waals surface area contributed by atoms with Gasteiger partial charge in [0.05, 0.1) is 13.2 Å². The van der Waals surface area contributed by atoms with Crippen molar-refractivity contribution in [1.82, 2.24) is 10.9 Å². The molecule has 0 fully saturated rings. The third kappa shape index (κ3) is 8.45. The van der Waals surface area contributed by atoms with Gasteiger partial charge in [-0.1, -0.05) is 120 Å². The summed E-state index contributed by atoms with van der Waals surface area (Å²) in [5.74, 6) is 0.549. The number of aliphatic hydroxyl groups excluding tert-OH is 1. The zero-order valence-electron chi connectivity index (χ0n) is 28.1. The largest absolute Gasteiger partial charge is 0.494 e. The molecule has 0 unspecified atom stereocenters. The van der Waals surface area contributed by atoms with Crippen molar-refractivity contribution < 1.29 is 19.4 Å². The van der Waals surface area contributed by atoms with Crippen molar-refractivity contribution in [3.05, 3.63) is 183 Å². The Bertz CT molecular complexity index is 1910. The molecule has 6 rings (SSSR count). The molecule has 1 aliphatic heterocycles. The number of amides is 1. The van der Waals surface area contributed by atoms with Crippen molar-refractivity contribution >= 4 is 11.8 Å². The van der Waals surface area contributed by atoms with Gasteiger partial charge in [0.1, 0.15) is 5.75 Å². The van der Waals surface area contributed by atoms with Crippen LogP contribution in [0.3, 0.4) is 0 Å². The summed E-state index contributed by atoms with van der Waals surface area (Å²) in [6.07, 6.45) is -0.106. The average molecular weight is 681 g/mol. The van der Waals surface area contributed by atoms with Crippen molar-refractivity contribution in [3.8, 4) is 5.75 Å². The van der Waals surface area contributed by atoms with Crippen LogP contribution in [0.5, 0.6) is 5.75 Å². The molecule has 3 N–H and O–H groups in total. The van der Waals surface area contributed by atoms with E-state index in [1.165, 1.54) is 0 Å². The normalized spacial score (nSPS) is 16.5. The molecule has 0 radical (unpaired) electrons. The lowest BCUT2D eigenvalue weighted by atomic mass is 9.80. The highest BCUT2D eigenvalue weighted by Gasteiger charge is 2.54. The summed E-state index contributed by atoms with van der Waals surface area (Å²) in [4.78, 5) is 23.0. The van der Waals surface area contributed by atoms with Gasteiger partial charge in [-0.25, -0.2) is 10.4 Å². The number of hydrazine groups is 1. The molecule has 2 atom stereocenters. The Morgan fingerprint density at radius 3 is 2.16 bits per heavy atom. The minimum atomic E-state index is -1.46. The van der Waals surface area contributed by atoms with Crippen LogP contribution in [0.15, 0.2) is 150 Å². The van der Waals surface area contributed by atoms with Crippen LogP contribution in [0.4, 0.5) is 0 Å². The van der Waals surface area contributed by atoms with Crippen LogP contribution in [-0.4, -0.2) is 42.2 Å². The predicted molar refractivity (Wildman–Crippen MR) is 197 cm³/mol. The van der Waals surface area contributed by atoms with E-state index in [0.29, 0.717) is 42.3 Å². The summed E-state index contributed by atoms with van der Waals surface area (Å²) in [5.41, 5.74) is 19.2. The Kier molecular flexibility index (Phi) is 11.7. The quantitative estimate of drug-likeness (QED) is 0.0332. The molecular formula is C41H40N6O4. The number of benzene rings is 5. The molecule has 0 spiro atoms. The van der Waals surface area contributed by atoms with Gasteiger partial charge in [-0.05, 0) is 57.6 Å². The fraction of sp³-hybridized carbons (Fsp3) is 0.220. The van der Waals surface area contributed by atoms with Crippen molar-refractivity contribution in [2.75, 3.05) is 19.8 Å². The lowest BCUT2D eigenvalue weighted by Crippen LogP contribution is -2.54. The fourth-order valence-corrected chi connectivity index (χ4v) is 6.35. The second-order valence-electron chi connectivity index (χ2n) is 12.2. The molecule has 5 aromatic carbocycles. The highest BCUT2D eigenvalue weighted by atomic mass is 16.5. The second kappa shape index (κ2) is 17.1. The Morgan fingerprint density at radius 2 is 1.51 bits per heavy atom. The van der Waals surface area contributed by atoms with Crippen LogP contribution >= 0.6 is 0 Å². The Hall–Kier alpha value is -5.93. The molecule has 51 heavy (non-hydrogen) atoms. The number of rotatable bonds is 16. The van der Waals surface area contributed by atoms with Gasteiger partial charge >= 0.3 is 0 Å². The lowest BCUT2D eigenvalue weighted by molar-refractivity contribution is -0.130. The minimum Gasteiger partial charge on any atom is -0.494 e. The van der Waals surface area contributed by atoms with Gasteiger partial charge in [-0.2, -0.15) is 0 Å². The first kappa shape index (κ1) is 34.9. The van der Waals surface area contributed by atoms with E-state index in [1.807, 2.05) is 115 Å². The van der Waals surface area contributed by atoms with Gasteiger partial charge in [-0.15, -0.1) is 0 Å². The van der Waals surface area contributed by atoms with Crippen LogP contribution in [0.2, 0.25) is 0 Å². The van der Waals surface area contributed by atoms with Crippen LogP contribution in [0.1, 0.15) is 51.8 Å². The van der Waals surface area contributed by atoms with E-state index in [2.05, 4.69) is 45.1 Å². The summed E-state index contributed by atoms with van der Waals surface area (Å²) < 4.78 is 12.5. The number of hydrogen-bond acceptors (Lipinski definition) is 7. The summed E-state index contributed by atoms with van der Waals surface area (Å²) in [6, 6.07) is 44.9. The third-order valence-electron chi connectivity index (χ3n) is 8.90. The predicted octanol–water partition coefficient (Wildman–Crippen LogP) is 7.21. The number of hydrogen-bond donors (Lipinski definition) is 3. The molecule has 1 aliphatic rings. The van der Waals surface area contributed by atoms with Crippen molar-refractivity contribution in [1.29, 1.82) is 0 Å². The molecule has 258 valence electrons. The van der Waals surface area contributed by atoms with Crippen molar-refractivity contribution in [2.24, 2.45) is 10.1 Å². The molecule has 0 bridgehead atoms. The third-order valence-corrected chi connectivity index (χ3v) is 8.90. The minimum absolute atomic E-state index is 0.0323. The van der Waals surface area contributed by atoms with E-state index in [9.17, 15) is 4.79 Å². The highest BCUT2D eigenvalue weighted by Crippen LogP contribution is 2.44. The van der Waals surface area contributed by atoms with E-state index in [0.717, 1.165) is 22.3 Å². The molecule has 10 nitrogen and oxygen atoms in total. The standard InChI is InChI=1S/C41H40N6O4/c42-47-44-28-34-19-10-11-20-36(34)38-41(27-30-13-4-1-5-14-30,45-39(51-38)33-21-23-35(24-22-33)50-26-12-25-48)40(49)46-43-29-37(31-15-6-2-7-16-31)32-17-8-3-9-18-32/h1-11,13-24,37-38,43,48H,12,25-29H2,(H,46,49)/t38-,41-/m0/s1. The highest BCUT2D eigenvalue weighted by molar-refractivity contribution is 6.01. The second-order valence-corrected chi connectivity index (χ2v) is 12.2. The average Bonchev–Trinajstić information content (AvgIpc) is 3.57. The van der Waals surface area contributed by atoms with Crippen molar-refractivity contribution in [3.63, 3.8) is 0 Å². The van der Waals surface area contributed by atoms with Crippen LogP contribution in [-0.2, 0) is 22.5 Å². The van der Waals surface area contributed by atoms with E-state index < -0.39 is 11.6 Å². The van der Waals surface area contributed by atoms with Gasteiger partial charge in [0.2, 0.25) is 5.90 Å². The number of azide groups is 1. The number of carbonyl (C=O) groups is 1. The maximum absolute atomic E-state index is 14.8. The Labute approximate surface area is 297 Å². The first-order valence-electron chi connectivity index (χ1n) is 17.0. The summed E-state index contributed by atoms with van der Waals surface area (Å²) in [5, 5.41) is 13.0. The topological polar surface area (TPSA) is 141 Å². The number of nitrogens with zero attached hydrogens (tertiary/aromatic N) is 4. The number of aliphatic hydroxyl groups is 1. The number of ether oxygens (including phenoxy) is 2. The van der Waals surface area contributed by atoms with Crippen LogP contribution in [0, 0.1) is 0 Å². The summed E-state index contributed by atoms with van der Waals surface area (Å²) in [7, 11) is 0. The van der Waals surface area contributed by atoms with Crippen LogP contribution in [0.25, 0.3) is 10.4 Å². The number of nitrogens with one attached hydrogen (secondary N) is 2. The van der Waals surface area contributed by atoms with Crippen LogP contribution < -0.4 is 15.6 Å². The maximum Gasteiger partial charge on any atom is 0.266 e. The molecule has 0 saturated carbocycles. The van der Waals surface area contributed by atoms with Gasteiger partial charge in [0, 0.05) is 42.4 Å². The molecular weight excluding hydrogens is 640 g/mol. The lowest BCUT2D eigenvalue weighted by Gasteiger charge is -2.32. The molecule has 1 heterocycles. The van der Waals surface area contributed by atoms with Gasteiger partial charge in [-0.3, -0.25) is 10.2 Å². The van der Waals surface area contributed by atoms with Gasteiger partial charge in [0.15, 0.2) is 11.6 Å². The van der Waals surface area contributed by atoms with E-state index in [4.69, 9.17) is 25.1 Å². The maximum atomic E-state index is 14.8. The van der Waals surface area contributed by atoms with E-state index in [-0.39, 0.29) is 31.4 Å². The van der Waals surface area contributed by atoms with Gasteiger partial charge < -0.3 is 14.6 Å². The Morgan fingerprint density at radius 1 is 0.882 bits per heavy atom. The molecule has 1 amide bonds. The fourth-order valence-electron chi connectivity index (χ4n) is 6.35. The summed E-state index contributed by atoms with van der Waals surface area (Å²) in [6.45, 7) is 0.943. The SMILES string of the molecule is [N-]=[N+]=NCc1ccccc1[C@@H]1OC(c2ccc(OCCCO)cc2)=N[C@]1(Cc1ccccc1)C(=O)NNCC(c1ccccc1)c1ccccc1. The molecule has 0 aliphatic carbocycles. The van der Waals surface area contributed by atoms with E-state index in [1.54, 1.807) is 0 Å². The first-order valence-corrected chi connectivity index (χ1v) is 17.0. The number of aliphatic imine (C=N–C) groups is 1. The van der Waals surface area contributed by atoms with Crippen molar-refractivity contribution in [2.45, 2.75) is 36.9 Å². The molecule has 10 heteroatoms. The molecule has 0 aromatic heterocycles. The number of carbonyl (C=O) groups excluding carboxylic acids is 1. The Balaban J connectivity index is 1.38. The smallest absolute Gasteiger partial charge is 0.266 e. The first-order chi connectivity index (χ1) is 25.1. The van der Waals surface area contributed by atoms with Gasteiger partial charge in [0.25, 0.3) is 5.91 Å². The monoisotopic (exact) mass is 680 g/mol. The zero-order valence-corrected chi connectivity index (χ0v) is 28.1. The summed E-state index contributed by atoms with van der Waals surface area (Å²) >= 11 is 0.